The number of aliphatic hydroxyl groups excluding tert-OH is 2. The van der Waals surface area contributed by atoms with Crippen molar-refractivity contribution < 1.29 is 24.5 Å². The van der Waals surface area contributed by atoms with E-state index in [0.717, 1.165) is 44.9 Å². The van der Waals surface area contributed by atoms with Crippen LogP contribution in [-0.4, -0.2) is 47.4 Å². The van der Waals surface area contributed by atoms with Gasteiger partial charge in [0.05, 0.1) is 25.4 Å². The van der Waals surface area contributed by atoms with Gasteiger partial charge in [-0.1, -0.05) is 378 Å². The van der Waals surface area contributed by atoms with Gasteiger partial charge in [0.1, 0.15) is 0 Å². The summed E-state index contributed by atoms with van der Waals surface area (Å²) >= 11 is 0. The van der Waals surface area contributed by atoms with Gasteiger partial charge in [-0.25, -0.2) is 0 Å². The highest BCUT2D eigenvalue weighted by Crippen LogP contribution is 2.19. The Balaban J connectivity index is 3.33. The molecule has 0 aliphatic carbocycles. The fraction of sp³-hybridized carbons (Fsp3) is 0.921. The molecule has 6 nitrogen and oxygen atoms in total. The lowest BCUT2D eigenvalue weighted by Gasteiger charge is -2.20. The molecule has 0 saturated heterocycles. The summed E-state index contributed by atoms with van der Waals surface area (Å²) in [6.07, 6.45) is 91.4. The van der Waals surface area contributed by atoms with Crippen LogP contribution in [0, 0.1) is 0 Å². The maximum atomic E-state index is 12.5. The molecule has 0 aromatic rings. The first-order chi connectivity index (χ1) is 40.5. The summed E-state index contributed by atoms with van der Waals surface area (Å²) < 4.78 is 5.51. The molecule has 3 N–H and O–H groups in total. The van der Waals surface area contributed by atoms with Crippen LogP contribution in [0.5, 0.6) is 0 Å². The Morgan fingerprint density at radius 1 is 0.329 bits per heavy atom. The van der Waals surface area contributed by atoms with Crippen molar-refractivity contribution in [2.24, 2.45) is 0 Å². The van der Waals surface area contributed by atoms with Crippen LogP contribution in [0.2, 0.25) is 0 Å². The molecule has 2 unspecified atom stereocenters. The van der Waals surface area contributed by atoms with Gasteiger partial charge in [-0.3, -0.25) is 9.59 Å². The smallest absolute Gasteiger partial charge is 0.305 e. The molecule has 1 amide bonds. The van der Waals surface area contributed by atoms with Gasteiger partial charge in [0.2, 0.25) is 5.91 Å². The Hall–Kier alpha value is -1.66. The highest BCUT2D eigenvalue weighted by atomic mass is 16.5. The zero-order valence-electron chi connectivity index (χ0n) is 55.8. The highest BCUT2D eigenvalue weighted by Gasteiger charge is 2.18. The maximum Gasteiger partial charge on any atom is 0.305 e. The molecule has 486 valence electrons. The van der Waals surface area contributed by atoms with E-state index in [2.05, 4.69) is 31.3 Å². The number of rotatable bonds is 71. The van der Waals surface area contributed by atoms with Gasteiger partial charge in [0.25, 0.3) is 0 Å². The number of carbonyl (C=O) groups excluding carboxylic acids is 2. The van der Waals surface area contributed by atoms with Crippen LogP contribution < -0.4 is 5.32 Å². The fourth-order valence-electron chi connectivity index (χ4n) is 12.0. The summed E-state index contributed by atoms with van der Waals surface area (Å²) in [5.74, 6) is -0.0422. The predicted molar refractivity (Wildman–Crippen MR) is 361 cm³/mol. The first-order valence-electron chi connectivity index (χ1n) is 37.6. The van der Waals surface area contributed by atoms with Crippen molar-refractivity contribution in [1.29, 1.82) is 0 Å². The lowest BCUT2D eigenvalue weighted by molar-refractivity contribution is -0.143. The van der Waals surface area contributed by atoms with E-state index < -0.39 is 12.1 Å². The minimum atomic E-state index is -0.841. The van der Waals surface area contributed by atoms with E-state index >= 15 is 0 Å². The largest absolute Gasteiger partial charge is 0.466 e. The summed E-state index contributed by atoms with van der Waals surface area (Å²) in [6, 6.07) is -0.624. The molecule has 0 aromatic carbocycles. The number of ether oxygens (including phenoxy) is 1. The molecule has 2 atom stereocenters. The maximum absolute atomic E-state index is 12.5. The van der Waals surface area contributed by atoms with E-state index in [9.17, 15) is 19.8 Å². The summed E-state index contributed by atoms with van der Waals surface area (Å²) in [5.41, 5.74) is 0. The van der Waals surface area contributed by atoms with Gasteiger partial charge in [-0.2, -0.15) is 0 Å². The highest BCUT2D eigenvalue weighted by molar-refractivity contribution is 5.76. The van der Waals surface area contributed by atoms with E-state index in [1.807, 2.05) is 6.08 Å². The number of nitrogens with one attached hydrogen (secondary N) is 1. The SMILES string of the molecule is CCCCCCCCC/C=C\CCCCCCCCCC(=O)OCCCCCCCCCCCCCCCCCCCCCCCCCCCCCCCCCC(=O)NC(CO)C(O)/C=C/CCCCCCCCCCCCCCCC. The number of hydrogen-bond donors (Lipinski definition) is 3. The van der Waals surface area contributed by atoms with Crippen molar-refractivity contribution in [2.75, 3.05) is 13.2 Å². The van der Waals surface area contributed by atoms with Crippen LogP contribution in [-0.2, 0) is 14.3 Å². The van der Waals surface area contributed by atoms with E-state index in [4.69, 9.17) is 4.74 Å². The Labute approximate surface area is 513 Å². The van der Waals surface area contributed by atoms with Crippen LogP contribution in [0.3, 0.4) is 0 Å². The van der Waals surface area contributed by atoms with Crippen molar-refractivity contribution in [1.82, 2.24) is 5.32 Å². The fourth-order valence-corrected chi connectivity index (χ4v) is 12.0. The van der Waals surface area contributed by atoms with Crippen molar-refractivity contribution in [3.63, 3.8) is 0 Å². The Bertz CT molecular complexity index is 1280. The Kier molecular flexibility index (Phi) is 70.4. The van der Waals surface area contributed by atoms with E-state index in [1.54, 1.807) is 6.08 Å². The standard InChI is InChI=1S/C76H147NO5/c1-3-5-7-9-11-13-15-17-19-21-38-42-46-50-54-58-62-66-70-76(81)82-71-67-63-59-55-51-47-43-39-36-34-32-30-28-26-24-22-23-25-27-29-31-33-35-37-41-45-49-53-57-61-65-69-75(80)77-73(72-78)74(79)68-64-60-56-52-48-44-40-20-18-16-14-12-10-8-6-4-2/h19,21,64,68,73-74,78-79H,3-18,20,22-63,65-67,69-72H2,1-2H3,(H,77,80)/b21-19-,68-64+. The first-order valence-corrected chi connectivity index (χ1v) is 37.6. The summed E-state index contributed by atoms with van der Waals surface area (Å²) in [7, 11) is 0. The molecule has 0 spiro atoms. The molecular formula is C76H147NO5. The third-order valence-corrected chi connectivity index (χ3v) is 17.7. The second-order valence-corrected chi connectivity index (χ2v) is 26.0. The predicted octanol–water partition coefficient (Wildman–Crippen LogP) is 24.5. The number of carbonyl (C=O) groups is 2. The number of allylic oxidation sites excluding steroid dienone is 3. The second-order valence-electron chi connectivity index (χ2n) is 26.0. The molecule has 0 heterocycles. The topological polar surface area (TPSA) is 95.9 Å². The molecular weight excluding hydrogens is 1010 g/mol. The molecule has 0 saturated carbocycles. The van der Waals surface area contributed by atoms with Crippen molar-refractivity contribution in [2.45, 2.75) is 437 Å². The molecule has 0 aromatic heterocycles. The number of esters is 1. The molecule has 0 aliphatic rings. The van der Waals surface area contributed by atoms with Gasteiger partial charge in [-0.05, 0) is 57.8 Å². The normalized spacial score (nSPS) is 12.6. The monoisotopic (exact) mass is 1150 g/mol. The zero-order valence-corrected chi connectivity index (χ0v) is 55.8. The lowest BCUT2D eigenvalue weighted by Crippen LogP contribution is -2.45. The minimum absolute atomic E-state index is 0.0183. The molecule has 6 heteroatoms. The quantitative estimate of drug-likeness (QED) is 0.0320. The number of hydrogen-bond acceptors (Lipinski definition) is 5. The first kappa shape index (κ1) is 80.3. The minimum Gasteiger partial charge on any atom is -0.466 e. The van der Waals surface area contributed by atoms with E-state index in [-0.39, 0.29) is 18.5 Å². The van der Waals surface area contributed by atoms with Crippen LogP contribution in [0.1, 0.15) is 425 Å². The average Bonchev–Trinajstić information content (AvgIpc) is 3.48. The summed E-state index contributed by atoms with van der Waals surface area (Å²) in [4.78, 5) is 24.6. The van der Waals surface area contributed by atoms with Gasteiger partial charge >= 0.3 is 5.97 Å². The van der Waals surface area contributed by atoms with Crippen LogP contribution in [0.25, 0.3) is 0 Å². The lowest BCUT2D eigenvalue weighted by atomic mass is 10.0. The Morgan fingerprint density at radius 3 is 0.866 bits per heavy atom. The number of aliphatic hydroxyl groups is 2. The zero-order chi connectivity index (χ0) is 59.2. The molecule has 0 bridgehead atoms. The molecule has 0 aliphatic heterocycles. The van der Waals surface area contributed by atoms with Crippen LogP contribution >= 0.6 is 0 Å². The van der Waals surface area contributed by atoms with Crippen LogP contribution in [0.4, 0.5) is 0 Å². The Morgan fingerprint density at radius 2 is 0.573 bits per heavy atom. The second kappa shape index (κ2) is 71.8. The van der Waals surface area contributed by atoms with E-state index in [1.165, 1.54) is 353 Å². The molecule has 0 fully saturated rings. The number of unbranched alkanes of at least 4 members (excludes halogenated alkanes) is 58. The van der Waals surface area contributed by atoms with Gasteiger partial charge in [0, 0.05) is 12.8 Å². The number of amides is 1. The van der Waals surface area contributed by atoms with Crippen molar-refractivity contribution >= 4 is 11.9 Å². The van der Waals surface area contributed by atoms with Crippen molar-refractivity contribution in [3.05, 3.63) is 24.3 Å². The molecule has 0 rings (SSSR count). The van der Waals surface area contributed by atoms with Crippen LogP contribution in [0.15, 0.2) is 24.3 Å². The molecule has 82 heavy (non-hydrogen) atoms. The van der Waals surface area contributed by atoms with Gasteiger partial charge < -0.3 is 20.3 Å². The summed E-state index contributed by atoms with van der Waals surface area (Å²) in [6.45, 7) is 4.94. The van der Waals surface area contributed by atoms with E-state index in [0.29, 0.717) is 19.4 Å². The average molecular weight is 1160 g/mol. The third-order valence-electron chi connectivity index (χ3n) is 17.7. The van der Waals surface area contributed by atoms with Gasteiger partial charge in [-0.15, -0.1) is 0 Å². The van der Waals surface area contributed by atoms with Crippen molar-refractivity contribution in [3.8, 4) is 0 Å². The summed E-state index contributed by atoms with van der Waals surface area (Å²) in [5, 5.41) is 23.2. The van der Waals surface area contributed by atoms with Gasteiger partial charge in [0.15, 0.2) is 0 Å². The third kappa shape index (κ3) is 67.5. The molecule has 0 radical (unpaired) electrons.